The van der Waals surface area contributed by atoms with E-state index < -0.39 is 0 Å². The lowest BCUT2D eigenvalue weighted by molar-refractivity contribution is -0.115. The maximum Gasteiger partial charge on any atom is 0.237 e. The number of benzene rings is 2. The van der Waals surface area contributed by atoms with Crippen molar-refractivity contribution in [2.75, 3.05) is 18.5 Å². The number of fused-ring (bicyclic) bond motifs is 1. The van der Waals surface area contributed by atoms with E-state index in [4.69, 9.17) is 32.7 Å². The molecule has 1 N–H and O–H groups in total. The van der Waals surface area contributed by atoms with Gasteiger partial charge in [0.2, 0.25) is 5.91 Å². The maximum absolute atomic E-state index is 12.4. The van der Waals surface area contributed by atoms with Crippen LogP contribution in [0.25, 0.3) is 0 Å². The summed E-state index contributed by atoms with van der Waals surface area (Å²) in [6.07, 6.45) is 0.857. The summed E-state index contributed by atoms with van der Waals surface area (Å²) in [6, 6.07) is 10.8. The molecule has 0 saturated carbocycles. The van der Waals surface area contributed by atoms with Gasteiger partial charge in [0, 0.05) is 11.3 Å². The highest BCUT2D eigenvalue weighted by Gasteiger charge is 2.18. The Hall–Kier alpha value is -1.56. The van der Waals surface area contributed by atoms with Crippen LogP contribution in [-0.4, -0.2) is 24.4 Å². The highest BCUT2D eigenvalue weighted by molar-refractivity contribution is 8.00. The summed E-state index contributed by atoms with van der Waals surface area (Å²) in [5, 5.41) is 3.24. The standard InChI is InChI=1S/C18H17Cl2NO3S/c1-11(18(22)21-14-5-2-4-13(19)17(14)20)25-12-6-7-15-16(10-12)24-9-3-8-23-15/h2,4-7,10-11H,3,8-9H2,1H3,(H,21,22). The van der Waals surface area contributed by atoms with Gasteiger partial charge in [0.1, 0.15) is 0 Å². The third-order valence-electron chi connectivity index (χ3n) is 3.61. The van der Waals surface area contributed by atoms with Gasteiger partial charge < -0.3 is 14.8 Å². The van der Waals surface area contributed by atoms with Gasteiger partial charge in [-0.25, -0.2) is 0 Å². The molecule has 1 aliphatic heterocycles. The zero-order valence-corrected chi connectivity index (χ0v) is 15.9. The largest absolute Gasteiger partial charge is 0.490 e. The van der Waals surface area contributed by atoms with Crippen LogP contribution in [0, 0.1) is 0 Å². The Morgan fingerprint density at radius 2 is 1.92 bits per heavy atom. The van der Waals surface area contributed by atoms with E-state index in [9.17, 15) is 4.79 Å². The second-order valence-corrected chi connectivity index (χ2v) is 7.71. The SMILES string of the molecule is CC(Sc1ccc2c(c1)OCCCO2)C(=O)Nc1cccc(Cl)c1Cl. The predicted octanol–water partition coefficient (Wildman–Crippen LogP) is 5.27. The quantitative estimate of drug-likeness (QED) is 0.713. The lowest BCUT2D eigenvalue weighted by atomic mass is 10.3. The van der Waals surface area contributed by atoms with Crippen molar-refractivity contribution in [2.24, 2.45) is 0 Å². The first-order valence-electron chi connectivity index (χ1n) is 7.86. The second kappa shape index (κ2) is 8.21. The number of thioether (sulfide) groups is 1. The number of carbonyl (C=O) groups excluding carboxylic acids is 1. The van der Waals surface area contributed by atoms with Gasteiger partial charge in [-0.2, -0.15) is 0 Å². The summed E-state index contributed by atoms with van der Waals surface area (Å²) in [5.74, 6) is 1.30. The topological polar surface area (TPSA) is 47.6 Å². The number of hydrogen-bond acceptors (Lipinski definition) is 4. The van der Waals surface area contributed by atoms with Gasteiger partial charge in [-0.05, 0) is 37.3 Å². The van der Waals surface area contributed by atoms with Crippen LogP contribution in [0.2, 0.25) is 10.0 Å². The molecule has 0 radical (unpaired) electrons. The first kappa shape index (κ1) is 18.2. The van der Waals surface area contributed by atoms with E-state index >= 15 is 0 Å². The molecule has 2 aromatic carbocycles. The van der Waals surface area contributed by atoms with Crippen molar-refractivity contribution in [1.29, 1.82) is 0 Å². The Kier molecular flexibility index (Phi) is 5.99. The van der Waals surface area contributed by atoms with E-state index in [2.05, 4.69) is 5.32 Å². The highest BCUT2D eigenvalue weighted by Crippen LogP contribution is 2.36. The molecule has 2 aromatic rings. The fourth-order valence-corrected chi connectivity index (χ4v) is 3.55. The number of amides is 1. The Bertz CT molecular complexity index is 785. The molecule has 1 aliphatic rings. The summed E-state index contributed by atoms with van der Waals surface area (Å²) in [4.78, 5) is 13.4. The molecule has 4 nitrogen and oxygen atoms in total. The monoisotopic (exact) mass is 397 g/mol. The molecule has 3 rings (SSSR count). The molecule has 1 heterocycles. The van der Waals surface area contributed by atoms with Crippen LogP contribution >= 0.6 is 35.0 Å². The van der Waals surface area contributed by atoms with Crippen LogP contribution in [0.15, 0.2) is 41.3 Å². The van der Waals surface area contributed by atoms with E-state index in [1.165, 1.54) is 11.8 Å². The molecule has 7 heteroatoms. The molecule has 25 heavy (non-hydrogen) atoms. The first-order chi connectivity index (χ1) is 12.0. The number of hydrogen-bond donors (Lipinski definition) is 1. The van der Waals surface area contributed by atoms with Gasteiger partial charge in [-0.1, -0.05) is 29.3 Å². The summed E-state index contributed by atoms with van der Waals surface area (Å²) >= 11 is 13.5. The molecule has 132 valence electrons. The van der Waals surface area contributed by atoms with Crippen molar-refractivity contribution >= 4 is 46.6 Å². The zero-order valence-electron chi connectivity index (χ0n) is 13.6. The molecule has 0 fully saturated rings. The Balaban J connectivity index is 1.67. The van der Waals surface area contributed by atoms with Crippen molar-refractivity contribution in [3.05, 3.63) is 46.4 Å². The number of rotatable bonds is 4. The van der Waals surface area contributed by atoms with E-state index in [1.807, 2.05) is 25.1 Å². The molecule has 0 bridgehead atoms. The summed E-state index contributed by atoms with van der Waals surface area (Å²) < 4.78 is 11.3. The zero-order chi connectivity index (χ0) is 17.8. The van der Waals surface area contributed by atoms with Crippen molar-refractivity contribution in [1.82, 2.24) is 0 Å². The molecule has 0 spiro atoms. The Morgan fingerprint density at radius 1 is 1.16 bits per heavy atom. The van der Waals surface area contributed by atoms with Gasteiger partial charge in [-0.15, -0.1) is 11.8 Å². The van der Waals surface area contributed by atoms with Gasteiger partial charge in [-0.3, -0.25) is 4.79 Å². The highest BCUT2D eigenvalue weighted by atomic mass is 35.5. The van der Waals surface area contributed by atoms with Crippen LogP contribution in [0.4, 0.5) is 5.69 Å². The lowest BCUT2D eigenvalue weighted by Gasteiger charge is -2.14. The van der Waals surface area contributed by atoms with E-state index in [0.717, 1.165) is 17.1 Å². The normalized spacial score (nSPS) is 14.5. The summed E-state index contributed by atoms with van der Waals surface area (Å²) in [7, 11) is 0. The second-order valence-electron chi connectivity index (χ2n) is 5.51. The molecule has 0 saturated heterocycles. The average molecular weight is 398 g/mol. The van der Waals surface area contributed by atoms with E-state index in [1.54, 1.807) is 18.2 Å². The lowest BCUT2D eigenvalue weighted by Crippen LogP contribution is -2.22. The number of nitrogens with one attached hydrogen (secondary N) is 1. The average Bonchev–Trinajstić information content (AvgIpc) is 2.83. The van der Waals surface area contributed by atoms with Crippen LogP contribution in [0.5, 0.6) is 11.5 Å². The van der Waals surface area contributed by atoms with Crippen LogP contribution in [-0.2, 0) is 4.79 Å². The van der Waals surface area contributed by atoms with Gasteiger partial charge >= 0.3 is 0 Å². The maximum atomic E-state index is 12.4. The molecular formula is C18H17Cl2NO3S. The fourth-order valence-electron chi connectivity index (χ4n) is 2.31. The van der Waals surface area contributed by atoms with Crippen LogP contribution in [0.3, 0.4) is 0 Å². The molecule has 1 amide bonds. The minimum Gasteiger partial charge on any atom is -0.490 e. The summed E-state index contributed by atoms with van der Waals surface area (Å²) in [6.45, 7) is 3.12. The molecule has 0 aromatic heterocycles. The van der Waals surface area contributed by atoms with E-state index in [-0.39, 0.29) is 11.2 Å². The molecular weight excluding hydrogens is 381 g/mol. The first-order valence-corrected chi connectivity index (χ1v) is 9.49. The smallest absolute Gasteiger partial charge is 0.237 e. The van der Waals surface area contributed by atoms with Gasteiger partial charge in [0.15, 0.2) is 11.5 Å². The number of anilines is 1. The Morgan fingerprint density at radius 3 is 2.72 bits per heavy atom. The predicted molar refractivity (Wildman–Crippen MR) is 102 cm³/mol. The molecule has 1 atom stereocenters. The van der Waals surface area contributed by atoms with Crippen molar-refractivity contribution in [2.45, 2.75) is 23.5 Å². The third-order valence-corrected chi connectivity index (χ3v) is 5.52. The van der Waals surface area contributed by atoms with Crippen molar-refractivity contribution in [3.8, 4) is 11.5 Å². The van der Waals surface area contributed by atoms with Crippen molar-refractivity contribution < 1.29 is 14.3 Å². The fraction of sp³-hybridized carbons (Fsp3) is 0.278. The third kappa shape index (κ3) is 4.54. The van der Waals surface area contributed by atoms with Gasteiger partial charge in [0.25, 0.3) is 0 Å². The molecule has 0 aliphatic carbocycles. The van der Waals surface area contributed by atoms with Crippen molar-refractivity contribution in [3.63, 3.8) is 0 Å². The van der Waals surface area contributed by atoms with Crippen LogP contribution < -0.4 is 14.8 Å². The Labute approximate surface area is 160 Å². The van der Waals surface area contributed by atoms with Gasteiger partial charge in [0.05, 0.1) is 34.2 Å². The van der Waals surface area contributed by atoms with Crippen LogP contribution in [0.1, 0.15) is 13.3 Å². The summed E-state index contributed by atoms with van der Waals surface area (Å²) in [5.41, 5.74) is 0.505. The number of halogens is 2. The minimum atomic E-state index is -0.320. The molecule has 1 unspecified atom stereocenters. The number of ether oxygens (including phenoxy) is 2. The van der Waals surface area contributed by atoms with E-state index in [0.29, 0.717) is 34.7 Å². The number of carbonyl (C=O) groups is 1. The minimum absolute atomic E-state index is 0.152.